The zero-order valence-corrected chi connectivity index (χ0v) is 15.2. The number of amides is 1. The molecule has 4 rings (SSSR count). The van der Waals surface area contributed by atoms with Crippen LogP contribution in [0.1, 0.15) is 27.5 Å². The summed E-state index contributed by atoms with van der Waals surface area (Å²) in [4.78, 5) is 13.2. The molecule has 0 atom stereocenters. The molecule has 0 saturated heterocycles. The third-order valence-corrected chi connectivity index (χ3v) is 5.75. The van der Waals surface area contributed by atoms with Gasteiger partial charge >= 0.3 is 6.09 Å². The Morgan fingerprint density at radius 2 is 1.73 bits per heavy atom. The summed E-state index contributed by atoms with van der Waals surface area (Å²) in [5, 5.41) is 14.0. The first-order chi connectivity index (χ1) is 12.7. The van der Waals surface area contributed by atoms with Crippen LogP contribution in [0.5, 0.6) is 0 Å². The third-order valence-electron chi connectivity index (χ3n) is 4.79. The van der Waals surface area contributed by atoms with Crippen molar-refractivity contribution in [3.63, 3.8) is 0 Å². The predicted molar refractivity (Wildman–Crippen MR) is 104 cm³/mol. The van der Waals surface area contributed by atoms with E-state index >= 15 is 0 Å². The van der Waals surface area contributed by atoms with E-state index in [4.69, 9.17) is 4.74 Å². The normalized spacial score (nSPS) is 12.5. The Kier molecular flexibility index (Phi) is 4.49. The molecule has 4 nitrogen and oxygen atoms in total. The Labute approximate surface area is 156 Å². The first kappa shape index (κ1) is 16.8. The molecule has 1 amide bonds. The fraction of sp³-hybridized carbons (Fsp3) is 0.190. The molecule has 1 aliphatic carbocycles. The molecule has 1 aliphatic rings. The molecule has 132 valence electrons. The van der Waals surface area contributed by atoms with Gasteiger partial charge in [-0.15, -0.1) is 11.3 Å². The van der Waals surface area contributed by atoms with Gasteiger partial charge in [0.2, 0.25) is 0 Å². The topological polar surface area (TPSA) is 58.6 Å². The highest BCUT2D eigenvalue weighted by Gasteiger charge is 2.29. The summed E-state index contributed by atoms with van der Waals surface area (Å²) in [5.74, 6) is 0.0361. The molecule has 0 aliphatic heterocycles. The summed E-state index contributed by atoms with van der Waals surface area (Å²) >= 11 is 1.49. The van der Waals surface area contributed by atoms with Crippen LogP contribution in [0.4, 0.5) is 10.5 Å². The van der Waals surface area contributed by atoms with Crippen LogP contribution in [0.25, 0.3) is 11.1 Å². The van der Waals surface area contributed by atoms with Crippen LogP contribution in [0, 0.1) is 6.92 Å². The lowest BCUT2D eigenvalue weighted by Crippen LogP contribution is -2.18. The summed E-state index contributed by atoms with van der Waals surface area (Å²) in [6, 6.07) is 16.5. The number of carbonyl (C=O) groups excluding carboxylic acids is 1. The van der Waals surface area contributed by atoms with E-state index in [-0.39, 0.29) is 19.1 Å². The van der Waals surface area contributed by atoms with Gasteiger partial charge < -0.3 is 9.84 Å². The number of anilines is 1. The van der Waals surface area contributed by atoms with Crippen molar-refractivity contribution in [1.29, 1.82) is 0 Å². The van der Waals surface area contributed by atoms with Crippen molar-refractivity contribution in [3.05, 3.63) is 75.5 Å². The summed E-state index contributed by atoms with van der Waals surface area (Å²) < 4.78 is 5.54. The maximum Gasteiger partial charge on any atom is 0.411 e. The molecule has 0 spiro atoms. The molecule has 0 unspecified atom stereocenters. The number of carbonyl (C=O) groups is 1. The van der Waals surface area contributed by atoms with Crippen LogP contribution >= 0.6 is 11.3 Å². The Bertz CT molecular complexity index is 918. The minimum absolute atomic E-state index is 0.0361. The lowest BCUT2D eigenvalue weighted by molar-refractivity contribution is 0.158. The van der Waals surface area contributed by atoms with E-state index in [1.807, 2.05) is 36.6 Å². The van der Waals surface area contributed by atoms with Crippen molar-refractivity contribution in [2.45, 2.75) is 19.4 Å². The summed E-state index contributed by atoms with van der Waals surface area (Å²) in [6.07, 6.45) is -0.497. The molecule has 2 N–H and O–H groups in total. The van der Waals surface area contributed by atoms with E-state index in [2.05, 4.69) is 29.6 Å². The maximum absolute atomic E-state index is 12.3. The molecule has 0 radical (unpaired) electrons. The zero-order valence-electron chi connectivity index (χ0n) is 14.4. The van der Waals surface area contributed by atoms with Crippen molar-refractivity contribution >= 4 is 23.1 Å². The summed E-state index contributed by atoms with van der Waals surface area (Å²) in [5.41, 5.74) is 6.13. The van der Waals surface area contributed by atoms with Crippen LogP contribution in [-0.2, 0) is 11.3 Å². The molecule has 5 heteroatoms. The van der Waals surface area contributed by atoms with E-state index in [9.17, 15) is 9.90 Å². The number of rotatable bonds is 4. The van der Waals surface area contributed by atoms with Crippen molar-refractivity contribution in [1.82, 2.24) is 0 Å². The molecular formula is C21H19NO3S. The maximum atomic E-state index is 12.3. The van der Waals surface area contributed by atoms with Crippen molar-refractivity contribution < 1.29 is 14.6 Å². The third kappa shape index (κ3) is 2.89. The van der Waals surface area contributed by atoms with Crippen molar-refractivity contribution in [2.24, 2.45) is 0 Å². The van der Waals surface area contributed by atoms with E-state index in [0.717, 1.165) is 4.88 Å². The number of benzene rings is 2. The van der Waals surface area contributed by atoms with Gasteiger partial charge in [0.1, 0.15) is 6.61 Å². The van der Waals surface area contributed by atoms with Crippen molar-refractivity contribution in [2.75, 3.05) is 11.9 Å². The second kappa shape index (κ2) is 6.94. The van der Waals surface area contributed by atoms with E-state index < -0.39 is 6.09 Å². The van der Waals surface area contributed by atoms with Gasteiger partial charge in [0.05, 0.1) is 12.3 Å². The number of thiophene rings is 1. The molecule has 2 aromatic carbocycles. The highest BCUT2D eigenvalue weighted by atomic mass is 32.1. The van der Waals surface area contributed by atoms with Gasteiger partial charge in [-0.2, -0.15) is 0 Å². The van der Waals surface area contributed by atoms with Crippen LogP contribution in [0.15, 0.2) is 53.9 Å². The highest BCUT2D eigenvalue weighted by Crippen LogP contribution is 2.44. The van der Waals surface area contributed by atoms with Gasteiger partial charge in [-0.25, -0.2) is 4.79 Å². The lowest BCUT2D eigenvalue weighted by Gasteiger charge is -2.15. The van der Waals surface area contributed by atoms with Crippen LogP contribution in [0.3, 0.4) is 0 Å². The zero-order chi connectivity index (χ0) is 18.1. The first-order valence-electron chi connectivity index (χ1n) is 8.49. The lowest BCUT2D eigenvalue weighted by atomic mass is 9.98. The SMILES string of the molecule is Cc1scc(CO)c1NC(=O)OCC1c2ccccc2-c2ccccc21. The van der Waals surface area contributed by atoms with Crippen LogP contribution in [0.2, 0.25) is 0 Å². The van der Waals surface area contributed by atoms with Gasteiger partial charge in [-0.05, 0) is 34.6 Å². The van der Waals surface area contributed by atoms with E-state index in [0.29, 0.717) is 11.3 Å². The van der Waals surface area contributed by atoms with Gasteiger partial charge in [0.25, 0.3) is 0 Å². The van der Waals surface area contributed by atoms with Crippen LogP contribution in [-0.4, -0.2) is 17.8 Å². The highest BCUT2D eigenvalue weighted by molar-refractivity contribution is 7.10. The fourth-order valence-corrected chi connectivity index (χ4v) is 4.34. The number of ether oxygens (including phenoxy) is 1. The number of aliphatic hydroxyl groups excluding tert-OH is 1. The van der Waals surface area contributed by atoms with E-state index in [1.54, 1.807) is 0 Å². The van der Waals surface area contributed by atoms with Crippen molar-refractivity contribution in [3.8, 4) is 11.1 Å². The molecular weight excluding hydrogens is 346 g/mol. The number of hydrogen-bond donors (Lipinski definition) is 2. The summed E-state index contributed by atoms with van der Waals surface area (Å²) in [7, 11) is 0. The number of fused-ring (bicyclic) bond motifs is 3. The smallest absolute Gasteiger partial charge is 0.411 e. The second-order valence-electron chi connectivity index (χ2n) is 6.30. The standard InChI is InChI=1S/C21H19NO3S/c1-13-20(14(10-23)12-26-13)22-21(24)25-11-19-17-8-4-2-6-15(17)16-7-3-5-9-18(16)19/h2-9,12,19,23H,10-11H2,1H3,(H,22,24). The molecule has 1 heterocycles. The Hall–Kier alpha value is -2.63. The molecule has 0 saturated carbocycles. The van der Waals surface area contributed by atoms with Crippen LogP contribution < -0.4 is 5.32 Å². The number of aliphatic hydroxyl groups is 1. The molecule has 0 bridgehead atoms. The first-order valence-corrected chi connectivity index (χ1v) is 9.37. The summed E-state index contributed by atoms with van der Waals surface area (Å²) in [6.45, 7) is 2.07. The quantitative estimate of drug-likeness (QED) is 0.691. The average Bonchev–Trinajstić information content (AvgIpc) is 3.18. The minimum Gasteiger partial charge on any atom is -0.448 e. The molecule has 3 aromatic rings. The number of hydrogen-bond acceptors (Lipinski definition) is 4. The molecule has 1 aromatic heterocycles. The Morgan fingerprint density at radius 1 is 1.12 bits per heavy atom. The number of nitrogens with one attached hydrogen (secondary N) is 1. The van der Waals surface area contributed by atoms with Gasteiger partial charge in [0, 0.05) is 16.4 Å². The van der Waals surface area contributed by atoms with Gasteiger partial charge in [-0.1, -0.05) is 48.5 Å². The average molecular weight is 365 g/mol. The fourth-order valence-electron chi connectivity index (χ4n) is 3.52. The number of aryl methyl sites for hydroxylation is 1. The second-order valence-corrected chi connectivity index (χ2v) is 7.38. The Morgan fingerprint density at radius 3 is 2.35 bits per heavy atom. The van der Waals surface area contributed by atoms with Gasteiger partial charge in [0.15, 0.2) is 0 Å². The molecule has 0 fully saturated rings. The molecule has 26 heavy (non-hydrogen) atoms. The Balaban J connectivity index is 1.51. The predicted octanol–water partition coefficient (Wildman–Crippen LogP) is 4.91. The largest absolute Gasteiger partial charge is 0.448 e. The van der Waals surface area contributed by atoms with Gasteiger partial charge in [-0.3, -0.25) is 5.32 Å². The minimum atomic E-state index is -0.497. The monoisotopic (exact) mass is 365 g/mol. The van der Waals surface area contributed by atoms with E-state index in [1.165, 1.54) is 33.6 Å².